The number of rotatable bonds is 1. The van der Waals surface area contributed by atoms with Crippen LogP contribution in [0.4, 0.5) is 0 Å². The first-order valence-electron chi connectivity index (χ1n) is 4.96. The molecule has 0 radical (unpaired) electrons. The molecule has 0 spiro atoms. The van der Waals surface area contributed by atoms with Crippen LogP contribution in [0.2, 0.25) is 0 Å². The maximum atomic E-state index is 5.45. The zero-order valence-electron chi connectivity index (χ0n) is 8.99. The normalized spacial score (nSPS) is 28.3. The summed E-state index contributed by atoms with van der Waals surface area (Å²) in [6.07, 6.45) is 0.877. The summed E-state index contributed by atoms with van der Waals surface area (Å²) in [6, 6.07) is 0. The van der Waals surface area contributed by atoms with Crippen molar-refractivity contribution in [1.82, 2.24) is 10.2 Å². The number of likely N-dealkylation sites (N-methyl/N-ethyl adjacent to an activating group) is 1. The number of hydrogen-bond acceptors (Lipinski definition) is 5. The Bertz CT molecular complexity index is 146. The van der Waals surface area contributed by atoms with Gasteiger partial charge in [-0.3, -0.25) is 10.2 Å². The van der Waals surface area contributed by atoms with Crippen molar-refractivity contribution in [2.75, 3.05) is 47.4 Å². The first-order chi connectivity index (χ1) is 6.83. The summed E-state index contributed by atoms with van der Waals surface area (Å²) in [6.45, 7) is 3.27. The van der Waals surface area contributed by atoms with E-state index in [9.17, 15) is 0 Å². The lowest BCUT2D eigenvalue weighted by molar-refractivity contribution is -0.119. The molecule has 0 bridgehead atoms. The van der Waals surface area contributed by atoms with Crippen molar-refractivity contribution >= 4 is 0 Å². The Labute approximate surface area is 85.3 Å². The standard InChI is InChI=1S/C9H20N2O3/c1-10-9-3-5-12-6-4-11(2)7-13-8-14-9/h9-10H,3-8H2,1-2H3. The van der Waals surface area contributed by atoms with E-state index in [1.807, 2.05) is 14.1 Å². The van der Waals surface area contributed by atoms with E-state index in [1.165, 1.54) is 0 Å². The van der Waals surface area contributed by atoms with Gasteiger partial charge in [0.15, 0.2) is 6.79 Å². The SMILES string of the molecule is CNC1CCOCCN(C)COCO1. The van der Waals surface area contributed by atoms with Crippen LogP contribution in [-0.4, -0.2) is 58.5 Å². The van der Waals surface area contributed by atoms with Crippen molar-refractivity contribution in [3.8, 4) is 0 Å². The molecular formula is C9H20N2O3. The Morgan fingerprint density at radius 2 is 2.14 bits per heavy atom. The van der Waals surface area contributed by atoms with Gasteiger partial charge >= 0.3 is 0 Å². The van der Waals surface area contributed by atoms with Crippen LogP contribution in [0.5, 0.6) is 0 Å². The summed E-state index contributed by atoms with van der Waals surface area (Å²) in [5.41, 5.74) is 0. The second kappa shape index (κ2) is 7.14. The predicted octanol–water partition coefficient (Wildman–Crippen LogP) is -0.168. The van der Waals surface area contributed by atoms with Gasteiger partial charge in [-0.2, -0.15) is 0 Å². The van der Waals surface area contributed by atoms with Crippen LogP contribution in [0.1, 0.15) is 6.42 Å². The van der Waals surface area contributed by atoms with E-state index in [2.05, 4.69) is 10.2 Å². The molecule has 1 atom stereocenters. The average molecular weight is 204 g/mol. The van der Waals surface area contributed by atoms with Crippen molar-refractivity contribution < 1.29 is 14.2 Å². The first-order valence-corrected chi connectivity index (χ1v) is 4.96. The quantitative estimate of drug-likeness (QED) is 0.642. The number of nitrogens with zero attached hydrogens (tertiary/aromatic N) is 1. The Morgan fingerprint density at radius 1 is 1.29 bits per heavy atom. The highest BCUT2D eigenvalue weighted by Gasteiger charge is 2.08. The third kappa shape index (κ3) is 4.88. The third-order valence-electron chi connectivity index (χ3n) is 2.13. The minimum absolute atomic E-state index is 0.0263. The summed E-state index contributed by atoms with van der Waals surface area (Å²) >= 11 is 0. The molecule has 0 amide bonds. The van der Waals surface area contributed by atoms with Crippen LogP contribution in [-0.2, 0) is 14.2 Å². The lowest BCUT2D eigenvalue weighted by Crippen LogP contribution is -2.30. The molecule has 1 N–H and O–H groups in total. The van der Waals surface area contributed by atoms with Gasteiger partial charge in [0.2, 0.25) is 0 Å². The van der Waals surface area contributed by atoms with Crippen LogP contribution in [0.25, 0.3) is 0 Å². The van der Waals surface area contributed by atoms with E-state index in [1.54, 1.807) is 0 Å². The molecule has 1 rings (SSSR count). The topological polar surface area (TPSA) is 43.0 Å². The molecule has 14 heavy (non-hydrogen) atoms. The molecular weight excluding hydrogens is 184 g/mol. The fourth-order valence-corrected chi connectivity index (χ4v) is 1.21. The largest absolute Gasteiger partial charge is 0.380 e. The van der Waals surface area contributed by atoms with E-state index in [-0.39, 0.29) is 6.23 Å². The smallest absolute Gasteiger partial charge is 0.150 e. The highest BCUT2D eigenvalue weighted by Crippen LogP contribution is 1.98. The molecule has 0 aromatic heterocycles. The molecule has 1 fully saturated rings. The average Bonchev–Trinajstić information content (AvgIpc) is 2.23. The van der Waals surface area contributed by atoms with Crippen molar-refractivity contribution in [3.63, 3.8) is 0 Å². The van der Waals surface area contributed by atoms with Gasteiger partial charge in [0.1, 0.15) is 13.0 Å². The van der Waals surface area contributed by atoms with Crippen molar-refractivity contribution in [1.29, 1.82) is 0 Å². The van der Waals surface area contributed by atoms with Gasteiger partial charge in [-0.25, -0.2) is 0 Å². The number of hydrogen-bond donors (Lipinski definition) is 1. The Hall–Kier alpha value is -0.200. The van der Waals surface area contributed by atoms with Crippen LogP contribution in [0, 0.1) is 0 Å². The summed E-state index contributed by atoms with van der Waals surface area (Å²) in [4.78, 5) is 2.06. The van der Waals surface area contributed by atoms with Gasteiger partial charge in [0.25, 0.3) is 0 Å². The fourth-order valence-electron chi connectivity index (χ4n) is 1.21. The minimum atomic E-state index is 0.0263. The molecule has 0 aliphatic carbocycles. The third-order valence-corrected chi connectivity index (χ3v) is 2.13. The zero-order chi connectivity index (χ0) is 10.2. The summed E-state index contributed by atoms with van der Waals surface area (Å²) in [7, 11) is 3.87. The maximum absolute atomic E-state index is 5.45. The summed E-state index contributed by atoms with van der Waals surface area (Å²) in [5, 5.41) is 3.06. The Morgan fingerprint density at radius 3 is 2.93 bits per heavy atom. The molecule has 1 aliphatic rings. The lowest BCUT2D eigenvalue weighted by Gasteiger charge is -2.17. The van der Waals surface area contributed by atoms with Crippen LogP contribution >= 0.6 is 0 Å². The second-order valence-corrected chi connectivity index (χ2v) is 3.38. The molecule has 1 aliphatic heterocycles. The van der Waals surface area contributed by atoms with Gasteiger partial charge in [-0.15, -0.1) is 0 Å². The Balaban J connectivity index is 2.26. The van der Waals surface area contributed by atoms with Gasteiger partial charge < -0.3 is 14.2 Å². The number of ether oxygens (including phenoxy) is 3. The van der Waals surface area contributed by atoms with Crippen molar-refractivity contribution in [3.05, 3.63) is 0 Å². The van der Waals surface area contributed by atoms with Crippen LogP contribution in [0.3, 0.4) is 0 Å². The van der Waals surface area contributed by atoms with E-state index >= 15 is 0 Å². The maximum Gasteiger partial charge on any atom is 0.150 e. The van der Waals surface area contributed by atoms with Crippen LogP contribution in [0.15, 0.2) is 0 Å². The zero-order valence-corrected chi connectivity index (χ0v) is 8.99. The van der Waals surface area contributed by atoms with Gasteiger partial charge in [0, 0.05) is 13.0 Å². The van der Waals surface area contributed by atoms with E-state index in [0.717, 1.165) is 26.2 Å². The second-order valence-electron chi connectivity index (χ2n) is 3.38. The molecule has 0 aromatic carbocycles. The molecule has 84 valence electrons. The molecule has 0 saturated carbocycles. The van der Waals surface area contributed by atoms with E-state index < -0.39 is 0 Å². The van der Waals surface area contributed by atoms with E-state index in [4.69, 9.17) is 14.2 Å². The summed E-state index contributed by atoms with van der Waals surface area (Å²) < 4.78 is 16.2. The van der Waals surface area contributed by atoms with Crippen LogP contribution < -0.4 is 5.32 Å². The van der Waals surface area contributed by atoms with E-state index in [0.29, 0.717) is 13.5 Å². The summed E-state index contributed by atoms with van der Waals surface area (Å²) in [5.74, 6) is 0. The van der Waals surface area contributed by atoms with Gasteiger partial charge in [-0.05, 0) is 14.1 Å². The highest BCUT2D eigenvalue weighted by molar-refractivity contribution is 4.52. The van der Waals surface area contributed by atoms with Gasteiger partial charge in [0.05, 0.1) is 13.2 Å². The molecule has 1 saturated heterocycles. The number of nitrogens with one attached hydrogen (secondary N) is 1. The molecule has 1 unspecified atom stereocenters. The highest BCUT2D eigenvalue weighted by atomic mass is 16.7. The van der Waals surface area contributed by atoms with Crippen molar-refractivity contribution in [2.24, 2.45) is 0 Å². The predicted molar refractivity (Wildman–Crippen MR) is 52.8 cm³/mol. The lowest BCUT2D eigenvalue weighted by atomic mass is 10.4. The van der Waals surface area contributed by atoms with Gasteiger partial charge in [-0.1, -0.05) is 0 Å². The first kappa shape index (κ1) is 11.9. The van der Waals surface area contributed by atoms with Crippen molar-refractivity contribution in [2.45, 2.75) is 12.6 Å². The Kier molecular flexibility index (Phi) is 6.05. The molecule has 1 heterocycles. The fraction of sp³-hybridized carbons (Fsp3) is 1.00. The molecule has 5 nitrogen and oxygen atoms in total. The minimum Gasteiger partial charge on any atom is -0.380 e. The monoisotopic (exact) mass is 204 g/mol. The molecule has 5 heteroatoms. The molecule has 0 aromatic rings.